The molecule has 2 amide bonds. The highest BCUT2D eigenvalue weighted by Crippen LogP contribution is 2.33. The minimum absolute atomic E-state index is 0.112. The van der Waals surface area contributed by atoms with Gasteiger partial charge in [0.15, 0.2) is 0 Å². The van der Waals surface area contributed by atoms with Gasteiger partial charge in [0.1, 0.15) is 6.04 Å². The Hall–Kier alpha value is -1.40. The van der Waals surface area contributed by atoms with Gasteiger partial charge >= 0.3 is 0 Å². The number of amides is 2. The molecular formula is C13H16BrN3O2. The lowest BCUT2D eigenvalue weighted by molar-refractivity contribution is -0.123. The highest BCUT2D eigenvalue weighted by molar-refractivity contribution is 9.10. The van der Waals surface area contributed by atoms with E-state index in [4.69, 9.17) is 0 Å². The van der Waals surface area contributed by atoms with Gasteiger partial charge in [0.2, 0.25) is 11.8 Å². The first kappa shape index (κ1) is 14.0. The summed E-state index contributed by atoms with van der Waals surface area (Å²) in [6.07, 6.45) is 0. The fraction of sp³-hybridized carbons (Fsp3) is 0.385. The molecule has 1 heterocycles. The van der Waals surface area contributed by atoms with Crippen LogP contribution in [0.25, 0.3) is 0 Å². The summed E-state index contributed by atoms with van der Waals surface area (Å²) in [7, 11) is 0. The van der Waals surface area contributed by atoms with Gasteiger partial charge in [0, 0.05) is 22.3 Å². The Morgan fingerprint density at radius 1 is 1.53 bits per heavy atom. The van der Waals surface area contributed by atoms with Crippen LogP contribution in [0.3, 0.4) is 0 Å². The van der Waals surface area contributed by atoms with Crippen molar-refractivity contribution in [1.29, 1.82) is 0 Å². The Bertz CT molecular complexity index is 519. The SMILES string of the molecule is CCNC(=O)C(C)NC1C(=O)Nc2ccc(Br)cc21. The van der Waals surface area contributed by atoms with Crippen LogP contribution >= 0.6 is 15.9 Å². The van der Waals surface area contributed by atoms with Gasteiger partial charge in [-0.1, -0.05) is 15.9 Å². The van der Waals surface area contributed by atoms with Crippen LogP contribution in [0.5, 0.6) is 0 Å². The molecule has 6 heteroatoms. The first-order chi connectivity index (χ1) is 9.02. The number of halogens is 1. The van der Waals surface area contributed by atoms with Gasteiger partial charge in [-0.2, -0.15) is 0 Å². The molecule has 19 heavy (non-hydrogen) atoms. The van der Waals surface area contributed by atoms with Crippen molar-refractivity contribution in [3.8, 4) is 0 Å². The minimum atomic E-state index is -0.495. The topological polar surface area (TPSA) is 70.2 Å². The molecule has 2 unspecified atom stereocenters. The van der Waals surface area contributed by atoms with Gasteiger partial charge in [-0.15, -0.1) is 0 Å². The van der Waals surface area contributed by atoms with Gasteiger partial charge < -0.3 is 10.6 Å². The Morgan fingerprint density at radius 3 is 2.95 bits per heavy atom. The molecule has 0 aliphatic carbocycles. The van der Waals surface area contributed by atoms with Crippen LogP contribution in [0.4, 0.5) is 5.69 Å². The molecular weight excluding hydrogens is 310 g/mol. The van der Waals surface area contributed by atoms with Gasteiger partial charge in [-0.05, 0) is 32.0 Å². The number of likely N-dealkylation sites (N-methyl/N-ethyl adjacent to an activating group) is 1. The molecule has 2 rings (SSSR count). The number of nitrogens with one attached hydrogen (secondary N) is 3. The summed E-state index contributed by atoms with van der Waals surface area (Å²) in [6, 6.07) is 4.67. The van der Waals surface area contributed by atoms with Crippen molar-refractivity contribution in [3.05, 3.63) is 28.2 Å². The van der Waals surface area contributed by atoms with Crippen LogP contribution in [-0.2, 0) is 9.59 Å². The molecule has 5 nitrogen and oxygen atoms in total. The molecule has 1 aromatic carbocycles. The molecule has 0 bridgehead atoms. The van der Waals surface area contributed by atoms with Crippen molar-refractivity contribution in [2.75, 3.05) is 11.9 Å². The van der Waals surface area contributed by atoms with Gasteiger partial charge in [-0.25, -0.2) is 0 Å². The average molecular weight is 326 g/mol. The van der Waals surface area contributed by atoms with E-state index in [0.717, 1.165) is 15.7 Å². The maximum atomic E-state index is 11.9. The molecule has 0 saturated heterocycles. The minimum Gasteiger partial charge on any atom is -0.355 e. The highest BCUT2D eigenvalue weighted by Gasteiger charge is 2.32. The molecule has 0 spiro atoms. The second-order valence-electron chi connectivity index (χ2n) is 4.44. The van der Waals surface area contributed by atoms with Crippen LogP contribution in [0.15, 0.2) is 22.7 Å². The molecule has 3 N–H and O–H groups in total. The lowest BCUT2D eigenvalue weighted by atomic mass is 10.1. The molecule has 2 atom stereocenters. The van der Waals surface area contributed by atoms with Crippen molar-refractivity contribution in [2.24, 2.45) is 0 Å². The number of anilines is 1. The molecule has 1 aliphatic heterocycles. The number of rotatable bonds is 4. The third-order valence-corrected chi connectivity index (χ3v) is 3.50. The number of carbonyl (C=O) groups excluding carboxylic acids is 2. The molecule has 0 radical (unpaired) electrons. The molecule has 0 saturated carbocycles. The van der Waals surface area contributed by atoms with E-state index in [-0.39, 0.29) is 11.8 Å². The largest absolute Gasteiger partial charge is 0.355 e. The van der Waals surface area contributed by atoms with Crippen LogP contribution in [0, 0.1) is 0 Å². The lowest BCUT2D eigenvalue weighted by Gasteiger charge is -2.17. The van der Waals surface area contributed by atoms with Gasteiger partial charge in [-0.3, -0.25) is 14.9 Å². The predicted molar refractivity (Wildman–Crippen MR) is 76.8 cm³/mol. The predicted octanol–water partition coefficient (Wildman–Crippen LogP) is 1.56. The number of carbonyl (C=O) groups is 2. The summed E-state index contributed by atoms with van der Waals surface area (Å²) in [4.78, 5) is 23.6. The third kappa shape index (κ3) is 2.96. The summed E-state index contributed by atoms with van der Waals surface area (Å²) >= 11 is 3.39. The van der Waals surface area contributed by atoms with Crippen molar-refractivity contribution in [1.82, 2.24) is 10.6 Å². The van der Waals surface area contributed by atoms with E-state index < -0.39 is 12.1 Å². The second-order valence-corrected chi connectivity index (χ2v) is 5.35. The fourth-order valence-corrected chi connectivity index (χ4v) is 2.43. The number of benzene rings is 1. The van der Waals surface area contributed by atoms with E-state index in [1.807, 2.05) is 25.1 Å². The van der Waals surface area contributed by atoms with Crippen LogP contribution in [0.2, 0.25) is 0 Å². The Morgan fingerprint density at radius 2 is 2.26 bits per heavy atom. The van der Waals surface area contributed by atoms with Gasteiger partial charge in [0.25, 0.3) is 0 Å². The molecule has 0 fully saturated rings. The molecule has 1 aliphatic rings. The Labute approximate surface area is 120 Å². The van der Waals surface area contributed by atoms with E-state index >= 15 is 0 Å². The van der Waals surface area contributed by atoms with E-state index in [1.54, 1.807) is 6.92 Å². The zero-order valence-corrected chi connectivity index (χ0v) is 12.4. The Kier molecular flexibility index (Phi) is 4.21. The number of hydrogen-bond donors (Lipinski definition) is 3. The summed E-state index contributed by atoms with van der Waals surface area (Å²) in [5.74, 6) is -0.247. The highest BCUT2D eigenvalue weighted by atomic mass is 79.9. The van der Waals surface area contributed by atoms with Crippen molar-refractivity contribution >= 4 is 33.4 Å². The maximum absolute atomic E-state index is 11.9. The normalized spacial score (nSPS) is 18.7. The third-order valence-electron chi connectivity index (χ3n) is 3.01. The van der Waals surface area contributed by atoms with Crippen molar-refractivity contribution < 1.29 is 9.59 Å². The summed E-state index contributed by atoms with van der Waals surface area (Å²) in [6.45, 7) is 4.18. The first-order valence-corrected chi connectivity index (χ1v) is 6.96. The van der Waals surface area contributed by atoms with Crippen molar-refractivity contribution in [3.63, 3.8) is 0 Å². The smallest absolute Gasteiger partial charge is 0.246 e. The van der Waals surface area contributed by atoms with Crippen LogP contribution < -0.4 is 16.0 Å². The Balaban J connectivity index is 2.16. The fourth-order valence-electron chi connectivity index (χ4n) is 2.05. The van der Waals surface area contributed by atoms with Crippen LogP contribution in [0.1, 0.15) is 25.5 Å². The number of fused-ring (bicyclic) bond motifs is 1. The standard InChI is InChI=1S/C13H16BrN3O2/c1-3-15-12(18)7(2)16-11-9-6-8(14)4-5-10(9)17-13(11)19/h4-7,11,16H,3H2,1-2H3,(H,15,18)(H,17,19). The summed E-state index contributed by atoms with van der Waals surface area (Å²) < 4.78 is 0.903. The van der Waals surface area contributed by atoms with Gasteiger partial charge in [0.05, 0.1) is 6.04 Å². The van der Waals surface area contributed by atoms with Crippen molar-refractivity contribution in [2.45, 2.75) is 25.9 Å². The molecule has 1 aromatic rings. The van der Waals surface area contributed by atoms with Crippen LogP contribution in [-0.4, -0.2) is 24.4 Å². The number of hydrogen-bond acceptors (Lipinski definition) is 3. The first-order valence-electron chi connectivity index (χ1n) is 6.17. The maximum Gasteiger partial charge on any atom is 0.246 e. The quantitative estimate of drug-likeness (QED) is 0.786. The summed E-state index contributed by atoms with van der Waals surface area (Å²) in [5.41, 5.74) is 1.64. The molecule has 102 valence electrons. The zero-order valence-electron chi connectivity index (χ0n) is 10.8. The summed E-state index contributed by atoms with van der Waals surface area (Å²) in [5, 5.41) is 8.58. The van der Waals surface area contributed by atoms with E-state index in [9.17, 15) is 9.59 Å². The average Bonchev–Trinajstić information content (AvgIpc) is 2.66. The van der Waals surface area contributed by atoms with E-state index in [2.05, 4.69) is 31.9 Å². The second kappa shape index (κ2) is 5.71. The monoisotopic (exact) mass is 325 g/mol. The van der Waals surface area contributed by atoms with E-state index in [0.29, 0.717) is 6.54 Å². The lowest BCUT2D eigenvalue weighted by Crippen LogP contribution is -2.45. The van der Waals surface area contributed by atoms with E-state index in [1.165, 1.54) is 0 Å². The molecule has 0 aromatic heterocycles. The zero-order chi connectivity index (χ0) is 14.0.